The van der Waals surface area contributed by atoms with Crippen molar-refractivity contribution in [2.24, 2.45) is 5.92 Å². The second-order valence-electron chi connectivity index (χ2n) is 4.72. The van der Waals surface area contributed by atoms with Gasteiger partial charge in [-0.15, -0.1) is 11.3 Å². The van der Waals surface area contributed by atoms with E-state index in [4.69, 9.17) is 4.74 Å². The van der Waals surface area contributed by atoms with Crippen LogP contribution in [0.2, 0.25) is 0 Å². The van der Waals surface area contributed by atoms with Crippen molar-refractivity contribution < 1.29 is 4.74 Å². The van der Waals surface area contributed by atoms with E-state index in [1.54, 1.807) is 7.11 Å². The molecule has 90 valence electrons. The number of ether oxygens (including phenoxy) is 1. The molecular formula is C13H21NOS. The van der Waals surface area contributed by atoms with Crippen LogP contribution < -0.4 is 5.32 Å². The van der Waals surface area contributed by atoms with Crippen LogP contribution in [0, 0.1) is 5.92 Å². The van der Waals surface area contributed by atoms with Gasteiger partial charge >= 0.3 is 0 Å². The van der Waals surface area contributed by atoms with Crippen molar-refractivity contribution in [3.8, 4) is 0 Å². The van der Waals surface area contributed by atoms with Gasteiger partial charge in [0.15, 0.2) is 0 Å². The van der Waals surface area contributed by atoms with Crippen LogP contribution in [0.5, 0.6) is 0 Å². The van der Waals surface area contributed by atoms with E-state index in [1.165, 1.54) is 17.7 Å². The number of rotatable bonds is 7. The second-order valence-corrected chi connectivity index (χ2v) is 5.70. The first kappa shape index (κ1) is 12.1. The van der Waals surface area contributed by atoms with Gasteiger partial charge < -0.3 is 10.1 Å². The maximum atomic E-state index is 5.27. The Morgan fingerprint density at radius 3 is 2.94 bits per heavy atom. The molecule has 1 aromatic rings. The fraction of sp³-hybridized carbons (Fsp3) is 0.692. The van der Waals surface area contributed by atoms with Crippen molar-refractivity contribution in [2.45, 2.75) is 31.7 Å². The minimum Gasteiger partial charge on any atom is -0.383 e. The maximum Gasteiger partial charge on any atom is 0.0618 e. The Morgan fingerprint density at radius 1 is 1.56 bits per heavy atom. The Kier molecular flexibility index (Phi) is 4.38. The molecule has 2 rings (SSSR count). The Balaban J connectivity index is 1.76. The molecule has 0 saturated heterocycles. The standard InChI is InChI=1S/C13H21NOS/c1-10(13-4-3-7-16-13)8-14-12(9-15-2)11-5-6-11/h3-4,7,10-12,14H,5-6,8-9H2,1-2H3. The molecule has 1 N–H and O–H groups in total. The molecule has 0 aliphatic heterocycles. The normalized spacial score (nSPS) is 19.6. The number of methoxy groups -OCH3 is 1. The van der Waals surface area contributed by atoms with Crippen LogP contribution in [0.1, 0.15) is 30.6 Å². The van der Waals surface area contributed by atoms with E-state index >= 15 is 0 Å². The summed E-state index contributed by atoms with van der Waals surface area (Å²) in [4.78, 5) is 1.47. The lowest BCUT2D eigenvalue weighted by Crippen LogP contribution is -2.37. The Hall–Kier alpha value is -0.380. The van der Waals surface area contributed by atoms with Gasteiger partial charge in [0.05, 0.1) is 6.61 Å². The molecule has 1 aliphatic rings. The van der Waals surface area contributed by atoms with E-state index in [2.05, 4.69) is 29.8 Å². The highest BCUT2D eigenvalue weighted by atomic mass is 32.1. The average molecular weight is 239 g/mol. The number of nitrogens with one attached hydrogen (secondary N) is 1. The van der Waals surface area contributed by atoms with Crippen LogP contribution in [-0.4, -0.2) is 26.3 Å². The van der Waals surface area contributed by atoms with Gasteiger partial charge in [0.2, 0.25) is 0 Å². The molecule has 0 aromatic carbocycles. The van der Waals surface area contributed by atoms with Crippen LogP contribution in [-0.2, 0) is 4.74 Å². The molecule has 0 spiro atoms. The van der Waals surface area contributed by atoms with Gasteiger partial charge in [0, 0.05) is 30.5 Å². The zero-order chi connectivity index (χ0) is 11.4. The van der Waals surface area contributed by atoms with Crippen LogP contribution >= 0.6 is 11.3 Å². The summed E-state index contributed by atoms with van der Waals surface area (Å²) in [6.07, 6.45) is 2.74. The van der Waals surface area contributed by atoms with Crippen molar-refractivity contribution in [3.05, 3.63) is 22.4 Å². The van der Waals surface area contributed by atoms with Crippen LogP contribution in [0.4, 0.5) is 0 Å². The molecule has 16 heavy (non-hydrogen) atoms. The summed E-state index contributed by atoms with van der Waals surface area (Å²) in [7, 11) is 1.79. The second kappa shape index (κ2) is 5.80. The van der Waals surface area contributed by atoms with Gasteiger partial charge in [0.25, 0.3) is 0 Å². The molecule has 0 radical (unpaired) electrons. The van der Waals surface area contributed by atoms with Crippen LogP contribution in [0.15, 0.2) is 17.5 Å². The van der Waals surface area contributed by atoms with E-state index in [9.17, 15) is 0 Å². The largest absolute Gasteiger partial charge is 0.383 e. The third-order valence-corrected chi connectivity index (χ3v) is 4.36. The smallest absolute Gasteiger partial charge is 0.0618 e. The van der Waals surface area contributed by atoms with Crippen molar-refractivity contribution in [1.82, 2.24) is 5.32 Å². The summed E-state index contributed by atoms with van der Waals surface area (Å²) in [6.45, 7) is 4.20. The van der Waals surface area contributed by atoms with Gasteiger partial charge in [-0.25, -0.2) is 0 Å². The first-order valence-electron chi connectivity index (χ1n) is 6.07. The summed E-state index contributed by atoms with van der Waals surface area (Å²) >= 11 is 1.85. The summed E-state index contributed by atoms with van der Waals surface area (Å²) < 4.78 is 5.27. The summed E-state index contributed by atoms with van der Waals surface area (Å²) in [5.74, 6) is 1.47. The Morgan fingerprint density at radius 2 is 2.38 bits per heavy atom. The fourth-order valence-electron chi connectivity index (χ4n) is 2.04. The van der Waals surface area contributed by atoms with Crippen LogP contribution in [0.3, 0.4) is 0 Å². The van der Waals surface area contributed by atoms with Crippen molar-refractivity contribution in [3.63, 3.8) is 0 Å². The quantitative estimate of drug-likeness (QED) is 0.790. The highest BCUT2D eigenvalue weighted by Crippen LogP contribution is 2.33. The highest BCUT2D eigenvalue weighted by Gasteiger charge is 2.30. The number of hydrogen-bond acceptors (Lipinski definition) is 3. The summed E-state index contributed by atoms with van der Waals surface area (Å²) in [6, 6.07) is 4.91. The first-order valence-corrected chi connectivity index (χ1v) is 6.95. The van der Waals surface area contributed by atoms with E-state index in [1.807, 2.05) is 11.3 Å². The topological polar surface area (TPSA) is 21.3 Å². The van der Waals surface area contributed by atoms with E-state index < -0.39 is 0 Å². The molecular weight excluding hydrogens is 218 g/mol. The molecule has 1 aliphatic carbocycles. The van der Waals surface area contributed by atoms with Crippen molar-refractivity contribution >= 4 is 11.3 Å². The molecule has 1 heterocycles. The maximum absolute atomic E-state index is 5.27. The lowest BCUT2D eigenvalue weighted by Gasteiger charge is -2.19. The molecule has 1 saturated carbocycles. The van der Waals surface area contributed by atoms with Gasteiger partial charge in [-0.3, -0.25) is 0 Å². The van der Waals surface area contributed by atoms with E-state index in [-0.39, 0.29) is 0 Å². The third-order valence-electron chi connectivity index (χ3n) is 3.25. The van der Waals surface area contributed by atoms with E-state index in [0.29, 0.717) is 12.0 Å². The van der Waals surface area contributed by atoms with Crippen molar-refractivity contribution in [1.29, 1.82) is 0 Å². The third kappa shape index (κ3) is 3.30. The van der Waals surface area contributed by atoms with Gasteiger partial charge in [-0.2, -0.15) is 0 Å². The monoisotopic (exact) mass is 239 g/mol. The van der Waals surface area contributed by atoms with Crippen LogP contribution in [0.25, 0.3) is 0 Å². The van der Waals surface area contributed by atoms with E-state index in [0.717, 1.165) is 19.1 Å². The molecule has 2 nitrogen and oxygen atoms in total. The lowest BCUT2D eigenvalue weighted by atomic mass is 10.1. The van der Waals surface area contributed by atoms with Gasteiger partial charge in [-0.1, -0.05) is 13.0 Å². The molecule has 1 fully saturated rings. The first-order chi connectivity index (χ1) is 7.81. The van der Waals surface area contributed by atoms with Gasteiger partial charge in [0.1, 0.15) is 0 Å². The molecule has 2 atom stereocenters. The predicted molar refractivity (Wildman–Crippen MR) is 69.1 cm³/mol. The summed E-state index contributed by atoms with van der Waals surface area (Å²) in [5, 5.41) is 5.80. The number of hydrogen-bond donors (Lipinski definition) is 1. The van der Waals surface area contributed by atoms with Crippen molar-refractivity contribution in [2.75, 3.05) is 20.3 Å². The highest BCUT2D eigenvalue weighted by molar-refractivity contribution is 7.10. The molecule has 1 aromatic heterocycles. The Bertz CT molecular complexity index is 295. The zero-order valence-corrected chi connectivity index (χ0v) is 10.9. The average Bonchev–Trinajstić information content (AvgIpc) is 2.98. The fourth-order valence-corrected chi connectivity index (χ4v) is 2.83. The van der Waals surface area contributed by atoms with Gasteiger partial charge in [-0.05, 0) is 30.2 Å². The zero-order valence-electron chi connectivity index (χ0n) is 10.1. The minimum atomic E-state index is 0.562. The SMILES string of the molecule is COCC(NCC(C)c1cccs1)C1CC1. The Labute approximate surface area is 102 Å². The predicted octanol–water partition coefficient (Wildman–Crippen LogP) is 2.87. The lowest BCUT2D eigenvalue weighted by molar-refractivity contribution is 0.157. The number of thiophene rings is 1. The molecule has 3 heteroatoms. The molecule has 0 amide bonds. The molecule has 0 bridgehead atoms. The minimum absolute atomic E-state index is 0.562. The molecule has 2 unspecified atom stereocenters. The summed E-state index contributed by atoms with van der Waals surface area (Å²) in [5.41, 5.74) is 0.